The van der Waals surface area contributed by atoms with Crippen molar-refractivity contribution in [1.82, 2.24) is 25.0 Å². The molecule has 0 amide bonds. The molecule has 1 aromatic rings. The van der Waals surface area contributed by atoms with E-state index in [0.29, 0.717) is 12.5 Å². The number of nitrogens with one attached hydrogen (secondary N) is 1. The molecule has 7 nitrogen and oxygen atoms in total. The van der Waals surface area contributed by atoms with Gasteiger partial charge in [-0.3, -0.25) is 4.68 Å². The fraction of sp³-hybridized carbons (Fsp3) is 0.769. The maximum absolute atomic E-state index is 5.24. The standard InChI is InChI=1S/C13H24N6O/c1-4-14-13(15-7-12-16-10-17-18(12)2)19-6-5-11(8-19)9-20-3/h10-11H,4-9H2,1-3H3,(H,14,15). The van der Waals surface area contributed by atoms with Crippen molar-refractivity contribution in [3.05, 3.63) is 12.2 Å². The van der Waals surface area contributed by atoms with E-state index < -0.39 is 0 Å². The number of aliphatic imine (C=N–C) groups is 1. The summed E-state index contributed by atoms with van der Waals surface area (Å²) in [6.07, 6.45) is 2.71. The first-order valence-corrected chi connectivity index (χ1v) is 7.09. The molecule has 1 aliphatic rings. The molecule has 0 bridgehead atoms. The van der Waals surface area contributed by atoms with Crippen LogP contribution in [0.2, 0.25) is 0 Å². The quantitative estimate of drug-likeness (QED) is 0.618. The maximum Gasteiger partial charge on any atom is 0.194 e. The van der Waals surface area contributed by atoms with Crippen LogP contribution in [0.15, 0.2) is 11.3 Å². The number of hydrogen-bond acceptors (Lipinski definition) is 4. The lowest BCUT2D eigenvalue weighted by atomic mass is 10.1. The van der Waals surface area contributed by atoms with Gasteiger partial charge in [-0.1, -0.05) is 0 Å². The molecule has 1 N–H and O–H groups in total. The molecular weight excluding hydrogens is 256 g/mol. The van der Waals surface area contributed by atoms with Crippen LogP contribution in [-0.4, -0.2) is 59.0 Å². The van der Waals surface area contributed by atoms with Gasteiger partial charge in [0.25, 0.3) is 0 Å². The molecule has 1 aliphatic heterocycles. The van der Waals surface area contributed by atoms with Crippen LogP contribution < -0.4 is 5.32 Å². The summed E-state index contributed by atoms with van der Waals surface area (Å²) in [4.78, 5) is 11.2. The molecule has 0 saturated carbocycles. The first kappa shape index (κ1) is 14.8. The van der Waals surface area contributed by atoms with E-state index in [1.54, 1.807) is 18.1 Å². The average molecular weight is 280 g/mol. The number of nitrogens with zero attached hydrogens (tertiary/aromatic N) is 5. The topological polar surface area (TPSA) is 67.6 Å². The zero-order valence-electron chi connectivity index (χ0n) is 12.5. The third kappa shape index (κ3) is 3.69. The maximum atomic E-state index is 5.24. The molecule has 0 radical (unpaired) electrons. The van der Waals surface area contributed by atoms with E-state index in [0.717, 1.165) is 44.4 Å². The second-order valence-electron chi connectivity index (χ2n) is 5.03. The fourth-order valence-corrected chi connectivity index (χ4v) is 2.43. The van der Waals surface area contributed by atoms with Crippen LogP contribution in [0.4, 0.5) is 0 Å². The van der Waals surface area contributed by atoms with Gasteiger partial charge in [0.05, 0.1) is 6.61 Å². The van der Waals surface area contributed by atoms with Crippen LogP contribution >= 0.6 is 0 Å². The Kier molecular flexibility index (Phi) is 5.34. The molecule has 1 aromatic heterocycles. The smallest absolute Gasteiger partial charge is 0.194 e. The Labute approximate surface area is 120 Å². The van der Waals surface area contributed by atoms with Crippen molar-refractivity contribution < 1.29 is 4.74 Å². The third-order valence-electron chi connectivity index (χ3n) is 3.50. The molecular formula is C13H24N6O. The van der Waals surface area contributed by atoms with Gasteiger partial charge in [-0.2, -0.15) is 5.10 Å². The highest BCUT2D eigenvalue weighted by atomic mass is 16.5. The van der Waals surface area contributed by atoms with Crippen molar-refractivity contribution in [3.8, 4) is 0 Å². The van der Waals surface area contributed by atoms with Gasteiger partial charge in [0, 0.05) is 39.7 Å². The van der Waals surface area contributed by atoms with E-state index in [1.165, 1.54) is 0 Å². The van der Waals surface area contributed by atoms with Crippen LogP contribution in [0.5, 0.6) is 0 Å². The summed E-state index contributed by atoms with van der Waals surface area (Å²) < 4.78 is 6.99. The molecule has 112 valence electrons. The van der Waals surface area contributed by atoms with E-state index in [1.807, 2.05) is 7.05 Å². The van der Waals surface area contributed by atoms with E-state index in [-0.39, 0.29) is 0 Å². The minimum Gasteiger partial charge on any atom is -0.384 e. The SMILES string of the molecule is CCNC(=NCc1ncnn1C)N1CCC(COC)C1. The number of likely N-dealkylation sites (tertiary alicyclic amines) is 1. The third-order valence-corrected chi connectivity index (χ3v) is 3.50. The molecule has 0 spiro atoms. The molecule has 0 aliphatic carbocycles. The monoisotopic (exact) mass is 280 g/mol. The summed E-state index contributed by atoms with van der Waals surface area (Å²) in [6.45, 7) is 6.34. The van der Waals surface area contributed by atoms with Gasteiger partial charge in [-0.15, -0.1) is 0 Å². The highest BCUT2D eigenvalue weighted by Gasteiger charge is 2.24. The van der Waals surface area contributed by atoms with E-state index in [9.17, 15) is 0 Å². The van der Waals surface area contributed by atoms with Crippen molar-refractivity contribution in [1.29, 1.82) is 0 Å². The Bertz CT molecular complexity index is 444. The number of guanidine groups is 1. The summed E-state index contributed by atoms with van der Waals surface area (Å²) in [7, 11) is 3.64. The predicted octanol–water partition coefficient (Wildman–Crippen LogP) is 0.249. The molecule has 2 heterocycles. The average Bonchev–Trinajstić information content (AvgIpc) is 3.05. The van der Waals surface area contributed by atoms with Crippen LogP contribution in [-0.2, 0) is 18.3 Å². The molecule has 1 saturated heterocycles. The molecule has 7 heteroatoms. The van der Waals surface area contributed by atoms with Gasteiger partial charge >= 0.3 is 0 Å². The predicted molar refractivity (Wildman–Crippen MR) is 77.4 cm³/mol. The first-order valence-electron chi connectivity index (χ1n) is 7.09. The minimum atomic E-state index is 0.546. The lowest BCUT2D eigenvalue weighted by Gasteiger charge is -2.21. The van der Waals surface area contributed by atoms with Gasteiger partial charge in [0.1, 0.15) is 18.7 Å². The number of ether oxygens (including phenoxy) is 1. The molecule has 0 aromatic carbocycles. The Balaban J connectivity index is 1.98. The Morgan fingerprint density at radius 3 is 3.10 bits per heavy atom. The summed E-state index contributed by atoms with van der Waals surface area (Å²) in [5, 5.41) is 7.41. The second-order valence-corrected chi connectivity index (χ2v) is 5.03. The molecule has 1 unspecified atom stereocenters. The number of rotatable bonds is 5. The summed E-state index contributed by atoms with van der Waals surface area (Å²) in [6, 6.07) is 0. The van der Waals surface area contributed by atoms with Gasteiger partial charge < -0.3 is 15.0 Å². The normalized spacial score (nSPS) is 19.6. The largest absolute Gasteiger partial charge is 0.384 e. The second kappa shape index (κ2) is 7.23. The minimum absolute atomic E-state index is 0.546. The fourth-order valence-electron chi connectivity index (χ4n) is 2.43. The van der Waals surface area contributed by atoms with Crippen LogP contribution in [0.3, 0.4) is 0 Å². The Hall–Kier alpha value is -1.63. The molecule has 1 fully saturated rings. The van der Waals surface area contributed by atoms with Gasteiger partial charge in [0.15, 0.2) is 5.96 Å². The summed E-state index contributed by atoms with van der Waals surface area (Å²) in [5.74, 6) is 2.42. The highest BCUT2D eigenvalue weighted by molar-refractivity contribution is 5.80. The van der Waals surface area contributed by atoms with E-state index in [4.69, 9.17) is 4.74 Å². The lowest BCUT2D eigenvalue weighted by molar-refractivity contribution is 0.157. The molecule has 2 rings (SSSR count). The van der Waals surface area contributed by atoms with Crippen molar-refractivity contribution in [3.63, 3.8) is 0 Å². The first-order chi connectivity index (χ1) is 9.74. The van der Waals surface area contributed by atoms with Gasteiger partial charge in [-0.25, -0.2) is 9.98 Å². The summed E-state index contributed by atoms with van der Waals surface area (Å²) >= 11 is 0. The highest BCUT2D eigenvalue weighted by Crippen LogP contribution is 2.16. The number of aromatic nitrogens is 3. The van der Waals surface area contributed by atoms with Crippen molar-refractivity contribution in [2.24, 2.45) is 18.0 Å². The van der Waals surface area contributed by atoms with E-state index in [2.05, 4.69) is 32.2 Å². The molecule has 1 atom stereocenters. The van der Waals surface area contributed by atoms with Crippen LogP contribution in [0, 0.1) is 5.92 Å². The van der Waals surface area contributed by atoms with Gasteiger partial charge in [0.2, 0.25) is 0 Å². The van der Waals surface area contributed by atoms with Crippen molar-refractivity contribution in [2.45, 2.75) is 19.9 Å². The van der Waals surface area contributed by atoms with Crippen LogP contribution in [0.25, 0.3) is 0 Å². The van der Waals surface area contributed by atoms with Crippen molar-refractivity contribution in [2.75, 3.05) is 33.4 Å². The summed E-state index contributed by atoms with van der Waals surface area (Å²) in [5.41, 5.74) is 0. The van der Waals surface area contributed by atoms with Gasteiger partial charge in [-0.05, 0) is 13.3 Å². The Morgan fingerprint density at radius 1 is 1.60 bits per heavy atom. The lowest BCUT2D eigenvalue weighted by Crippen LogP contribution is -2.40. The molecule has 20 heavy (non-hydrogen) atoms. The van der Waals surface area contributed by atoms with E-state index >= 15 is 0 Å². The zero-order chi connectivity index (χ0) is 14.4. The number of aryl methyl sites for hydroxylation is 1. The number of hydrogen-bond donors (Lipinski definition) is 1. The number of methoxy groups -OCH3 is 1. The van der Waals surface area contributed by atoms with Crippen LogP contribution in [0.1, 0.15) is 19.2 Å². The zero-order valence-corrected chi connectivity index (χ0v) is 12.5. The van der Waals surface area contributed by atoms with Crippen molar-refractivity contribution >= 4 is 5.96 Å². The Morgan fingerprint density at radius 2 is 2.45 bits per heavy atom.